The highest BCUT2D eigenvalue weighted by Crippen LogP contribution is 2.33. The van der Waals surface area contributed by atoms with Crippen molar-refractivity contribution in [3.05, 3.63) is 78.5 Å². The minimum atomic E-state index is -0.290. The van der Waals surface area contributed by atoms with E-state index in [1.54, 1.807) is 18.5 Å². The smallest absolute Gasteiger partial charge is 0.178 e. The molecule has 0 bridgehead atoms. The van der Waals surface area contributed by atoms with E-state index in [9.17, 15) is 9.50 Å². The van der Waals surface area contributed by atoms with Crippen molar-refractivity contribution in [1.29, 1.82) is 0 Å². The van der Waals surface area contributed by atoms with Crippen LogP contribution in [-0.4, -0.2) is 35.2 Å². The Bertz CT molecular complexity index is 1650. The molecule has 0 radical (unpaired) electrons. The summed E-state index contributed by atoms with van der Waals surface area (Å²) in [5.41, 5.74) is 6.79. The van der Waals surface area contributed by atoms with Crippen molar-refractivity contribution in [1.82, 2.24) is 30.1 Å². The summed E-state index contributed by atoms with van der Waals surface area (Å²) >= 11 is 0. The van der Waals surface area contributed by atoms with Gasteiger partial charge >= 0.3 is 0 Å². The van der Waals surface area contributed by atoms with Crippen LogP contribution >= 0.6 is 0 Å². The number of aromatic hydroxyl groups is 1. The second kappa shape index (κ2) is 7.23. The van der Waals surface area contributed by atoms with Gasteiger partial charge in [-0.15, -0.1) is 0 Å². The molecule has 2 aromatic carbocycles. The third-order valence-electron chi connectivity index (χ3n) is 5.59. The number of halogens is 1. The molecule has 0 aliphatic carbocycles. The van der Waals surface area contributed by atoms with E-state index in [2.05, 4.69) is 30.1 Å². The molecule has 0 amide bonds. The Labute approximate surface area is 187 Å². The Morgan fingerprint density at radius 3 is 2.70 bits per heavy atom. The minimum Gasteiger partial charge on any atom is -0.506 e. The predicted molar refractivity (Wildman–Crippen MR) is 124 cm³/mol. The van der Waals surface area contributed by atoms with Crippen molar-refractivity contribution in [3.63, 3.8) is 0 Å². The first-order chi connectivity index (χ1) is 16.0. The third kappa shape index (κ3) is 3.28. The number of nitrogens with one attached hydrogen (secondary N) is 2. The number of benzene rings is 2. The Morgan fingerprint density at radius 2 is 1.85 bits per heavy atom. The number of nitrogens with zero attached hydrogens (tertiary/aromatic N) is 4. The SMILES string of the molecule is Cc1cc(F)cc(-c2ccnc3nc(-c4n[nH]c5ccc(-c6cncc(O)c6)cc45)[nH]c23)c1. The maximum absolute atomic E-state index is 14.0. The maximum atomic E-state index is 14.0. The number of aryl methyl sites for hydroxylation is 1. The highest BCUT2D eigenvalue weighted by atomic mass is 19.1. The molecule has 0 atom stereocenters. The van der Waals surface area contributed by atoms with Gasteiger partial charge in [-0.05, 0) is 60.0 Å². The Morgan fingerprint density at radius 1 is 0.939 bits per heavy atom. The first-order valence-electron chi connectivity index (χ1n) is 10.3. The summed E-state index contributed by atoms with van der Waals surface area (Å²) in [5, 5.41) is 18.2. The number of imidazole rings is 1. The number of fused-ring (bicyclic) bond motifs is 2. The first-order valence-corrected chi connectivity index (χ1v) is 10.3. The molecule has 7 nitrogen and oxygen atoms in total. The monoisotopic (exact) mass is 436 g/mol. The highest BCUT2D eigenvalue weighted by Gasteiger charge is 2.17. The number of rotatable bonds is 3. The molecule has 4 heterocycles. The molecule has 0 fully saturated rings. The van der Waals surface area contributed by atoms with Gasteiger partial charge in [0.15, 0.2) is 11.5 Å². The van der Waals surface area contributed by atoms with E-state index in [4.69, 9.17) is 0 Å². The van der Waals surface area contributed by atoms with Crippen LogP contribution in [0.25, 0.3) is 55.8 Å². The molecule has 0 spiro atoms. The van der Waals surface area contributed by atoms with Gasteiger partial charge in [0, 0.05) is 28.9 Å². The molecule has 3 N–H and O–H groups in total. The number of H-pyrrole nitrogens is 2. The van der Waals surface area contributed by atoms with E-state index < -0.39 is 0 Å². The largest absolute Gasteiger partial charge is 0.506 e. The molecule has 4 aromatic heterocycles. The molecule has 0 aliphatic heterocycles. The average Bonchev–Trinajstić information content (AvgIpc) is 3.41. The average molecular weight is 436 g/mol. The van der Waals surface area contributed by atoms with E-state index in [-0.39, 0.29) is 11.6 Å². The number of hydrogen-bond acceptors (Lipinski definition) is 5. The second-order valence-electron chi connectivity index (χ2n) is 7.92. The molecule has 0 unspecified atom stereocenters. The van der Waals surface area contributed by atoms with Gasteiger partial charge in [-0.2, -0.15) is 5.10 Å². The maximum Gasteiger partial charge on any atom is 0.178 e. The first kappa shape index (κ1) is 19.1. The van der Waals surface area contributed by atoms with Gasteiger partial charge in [0.05, 0.1) is 17.2 Å². The summed E-state index contributed by atoms with van der Waals surface area (Å²) < 4.78 is 14.0. The molecule has 0 aliphatic rings. The summed E-state index contributed by atoms with van der Waals surface area (Å²) in [5.74, 6) is 0.362. The Balaban J connectivity index is 1.51. The molecule has 6 rings (SSSR count). The van der Waals surface area contributed by atoms with E-state index in [0.29, 0.717) is 22.7 Å². The van der Waals surface area contributed by atoms with Gasteiger partial charge in [0.2, 0.25) is 0 Å². The molecule has 8 heteroatoms. The number of aromatic nitrogens is 6. The van der Waals surface area contributed by atoms with Crippen LogP contribution in [0.15, 0.2) is 67.1 Å². The van der Waals surface area contributed by atoms with Crippen molar-refractivity contribution < 1.29 is 9.50 Å². The molecular weight excluding hydrogens is 419 g/mol. The van der Waals surface area contributed by atoms with Crippen molar-refractivity contribution in [3.8, 4) is 39.5 Å². The van der Waals surface area contributed by atoms with Crippen LogP contribution in [0, 0.1) is 12.7 Å². The fraction of sp³-hybridized carbons (Fsp3) is 0.0400. The summed E-state index contributed by atoms with van der Waals surface area (Å²) in [7, 11) is 0. The lowest BCUT2D eigenvalue weighted by atomic mass is 10.0. The topological polar surface area (TPSA) is 103 Å². The van der Waals surface area contributed by atoms with Crippen molar-refractivity contribution in [2.75, 3.05) is 0 Å². The Kier molecular flexibility index (Phi) is 4.19. The standard InChI is InChI=1S/C25H17FN6O/c1-13-6-15(8-17(26)7-13)19-4-5-28-24-22(19)29-25(30-24)23-20-10-14(2-3-21(20)31-32-23)16-9-18(33)12-27-11-16/h2-12,33H,1H3,(H,31,32)(H,28,29,30). The lowest BCUT2D eigenvalue weighted by Gasteiger charge is -2.04. The molecular formula is C25H17FN6O. The van der Waals surface area contributed by atoms with Gasteiger partial charge < -0.3 is 10.1 Å². The van der Waals surface area contributed by atoms with Gasteiger partial charge in [-0.25, -0.2) is 14.4 Å². The van der Waals surface area contributed by atoms with E-state index in [1.807, 2.05) is 37.3 Å². The van der Waals surface area contributed by atoms with E-state index in [1.165, 1.54) is 18.3 Å². The van der Waals surface area contributed by atoms with Crippen LogP contribution in [0.3, 0.4) is 0 Å². The normalized spacial score (nSPS) is 11.5. The quantitative estimate of drug-likeness (QED) is 0.345. The number of hydrogen-bond donors (Lipinski definition) is 3. The molecule has 6 aromatic rings. The van der Waals surface area contributed by atoms with E-state index in [0.717, 1.165) is 38.7 Å². The highest BCUT2D eigenvalue weighted by molar-refractivity contribution is 5.97. The summed E-state index contributed by atoms with van der Waals surface area (Å²) in [4.78, 5) is 16.4. The van der Waals surface area contributed by atoms with Crippen molar-refractivity contribution >= 4 is 22.1 Å². The summed E-state index contributed by atoms with van der Waals surface area (Å²) in [6.45, 7) is 1.86. The fourth-order valence-electron chi connectivity index (χ4n) is 4.12. The third-order valence-corrected chi connectivity index (χ3v) is 5.59. The molecule has 0 saturated carbocycles. The number of pyridine rings is 2. The predicted octanol–water partition coefficient (Wildman–Crippen LogP) is 5.38. The van der Waals surface area contributed by atoms with Gasteiger partial charge in [-0.1, -0.05) is 12.1 Å². The van der Waals surface area contributed by atoms with E-state index >= 15 is 0 Å². The molecule has 160 valence electrons. The van der Waals surface area contributed by atoms with Crippen molar-refractivity contribution in [2.45, 2.75) is 6.92 Å². The van der Waals surface area contributed by atoms with Gasteiger partial charge in [0.1, 0.15) is 17.3 Å². The van der Waals surface area contributed by atoms with Gasteiger partial charge in [0.25, 0.3) is 0 Å². The van der Waals surface area contributed by atoms with Gasteiger partial charge in [-0.3, -0.25) is 10.1 Å². The molecule has 33 heavy (non-hydrogen) atoms. The zero-order valence-corrected chi connectivity index (χ0v) is 17.5. The molecule has 0 saturated heterocycles. The Hall–Kier alpha value is -4.59. The summed E-state index contributed by atoms with van der Waals surface area (Å²) in [6, 6.07) is 14.3. The minimum absolute atomic E-state index is 0.100. The lowest BCUT2D eigenvalue weighted by Crippen LogP contribution is -1.86. The van der Waals surface area contributed by atoms with Crippen LogP contribution in [0.4, 0.5) is 4.39 Å². The van der Waals surface area contributed by atoms with Crippen LogP contribution in [0.5, 0.6) is 5.75 Å². The van der Waals surface area contributed by atoms with Crippen LogP contribution in [0.1, 0.15) is 5.56 Å². The lowest BCUT2D eigenvalue weighted by molar-refractivity contribution is 0.473. The van der Waals surface area contributed by atoms with Crippen LogP contribution in [-0.2, 0) is 0 Å². The number of aromatic amines is 2. The van der Waals surface area contributed by atoms with Crippen LogP contribution in [0.2, 0.25) is 0 Å². The van der Waals surface area contributed by atoms with Crippen molar-refractivity contribution in [2.24, 2.45) is 0 Å². The fourth-order valence-corrected chi connectivity index (χ4v) is 4.12. The summed E-state index contributed by atoms with van der Waals surface area (Å²) in [6.07, 6.45) is 4.75. The zero-order chi connectivity index (χ0) is 22.5. The second-order valence-corrected chi connectivity index (χ2v) is 7.92. The van der Waals surface area contributed by atoms with Crippen LogP contribution < -0.4 is 0 Å². The zero-order valence-electron chi connectivity index (χ0n) is 17.5.